The molecule has 0 bridgehead atoms. The summed E-state index contributed by atoms with van der Waals surface area (Å²) in [6.07, 6.45) is 3.65. The average Bonchev–Trinajstić information content (AvgIpc) is 2.76. The van der Waals surface area contributed by atoms with E-state index in [9.17, 15) is 8.42 Å². The lowest BCUT2D eigenvalue weighted by molar-refractivity contribution is 0.380. The SMILES string of the molecule is CCC(C)N(C)S(=O)(=O)c1cnn(CCN)c1. The molecule has 17 heavy (non-hydrogen) atoms. The van der Waals surface area contributed by atoms with Crippen molar-refractivity contribution in [3.05, 3.63) is 12.4 Å². The summed E-state index contributed by atoms with van der Waals surface area (Å²) in [7, 11) is -1.85. The Hall–Kier alpha value is -0.920. The van der Waals surface area contributed by atoms with Crippen LogP contribution in [0.5, 0.6) is 0 Å². The highest BCUT2D eigenvalue weighted by molar-refractivity contribution is 7.89. The summed E-state index contributed by atoms with van der Waals surface area (Å²) < 4.78 is 27.3. The van der Waals surface area contributed by atoms with Crippen molar-refractivity contribution in [2.45, 2.75) is 37.8 Å². The average molecular weight is 260 g/mol. The Morgan fingerprint density at radius 3 is 2.76 bits per heavy atom. The van der Waals surface area contributed by atoms with E-state index in [1.165, 1.54) is 21.4 Å². The second-order valence-corrected chi connectivity index (χ2v) is 6.00. The van der Waals surface area contributed by atoms with Gasteiger partial charge in [0.25, 0.3) is 0 Å². The molecule has 1 heterocycles. The summed E-state index contributed by atoms with van der Waals surface area (Å²) in [6.45, 7) is 4.78. The Morgan fingerprint density at radius 2 is 2.24 bits per heavy atom. The van der Waals surface area contributed by atoms with Crippen LogP contribution in [0, 0.1) is 0 Å². The van der Waals surface area contributed by atoms with Crippen molar-refractivity contribution in [1.82, 2.24) is 14.1 Å². The maximum atomic E-state index is 12.2. The molecule has 0 amide bonds. The number of sulfonamides is 1. The minimum Gasteiger partial charge on any atom is -0.329 e. The van der Waals surface area contributed by atoms with Gasteiger partial charge in [-0.25, -0.2) is 8.42 Å². The van der Waals surface area contributed by atoms with Crippen LogP contribution in [0.15, 0.2) is 17.3 Å². The van der Waals surface area contributed by atoms with Crippen LogP contribution in [0.1, 0.15) is 20.3 Å². The smallest absolute Gasteiger partial charge is 0.246 e. The molecule has 0 saturated heterocycles. The third-order valence-corrected chi connectivity index (χ3v) is 4.78. The van der Waals surface area contributed by atoms with Crippen molar-refractivity contribution in [3.8, 4) is 0 Å². The summed E-state index contributed by atoms with van der Waals surface area (Å²) in [5, 5.41) is 3.97. The molecule has 1 aromatic heterocycles. The first-order chi connectivity index (χ1) is 7.93. The zero-order chi connectivity index (χ0) is 13.1. The summed E-state index contributed by atoms with van der Waals surface area (Å²) in [4.78, 5) is 0.216. The van der Waals surface area contributed by atoms with Crippen LogP contribution in [-0.4, -0.2) is 42.1 Å². The standard InChI is InChI=1S/C10H20N4O2S/c1-4-9(2)13(3)17(15,16)10-7-12-14(8-10)6-5-11/h7-9H,4-6,11H2,1-3H3. The lowest BCUT2D eigenvalue weighted by atomic mass is 10.3. The van der Waals surface area contributed by atoms with E-state index in [2.05, 4.69) is 5.10 Å². The monoisotopic (exact) mass is 260 g/mol. The summed E-state index contributed by atoms with van der Waals surface area (Å²) >= 11 is 0. The molecule has 1 unspecified atom stereocenters. The number of hydrogen-bond donors (Lipinski definition) is 1. The molecule has 1 rings (SSSR count). The second-order valence-electron chi connectivity index (χ2n) is 4.01. The van der Waals surface area contributed by atoms with E-state index in [0.29, 0.717) is 13.1 Å². The predicted molar refractivity (Wildman–Crippen MR) is 66.0 cm³/mol. The minimum absolute atomic E-state index is 0.0298. The molecule has 2 N–H and O–H groups in total. The predicted octanol–water partition coefficient (Wildman–Crippen LogP) is 0.261. The first kappa shape index (κ1) is 14.1. The van der Waals surface area contributed by atoms with Gasteiger partial charge in [-0.05, 0) is 13.3 Å². The van der Waals surface area contributed by atoms with Crippen LogP contribution >= 0.6 is 0 Å². The van der Waals surface area contributed by atoms with E-state index in [-0.39, 0.29) is 10.9 Å². The molecule has 0 aliphatic carbocycles. The van der Waals surface area contributed by atoms with Crippen molar-refractivity contribution in [1.29, 1.82) is 0 Å². The Morgan fingerprint density at radius 1 is 1.59 bits per heavy atom. The highest BCUT2D eigenvalue weighted by Crippen LogP contribution is 2.16. The first-order valence-electron chi connectivity index (χ1n) is 5.64. The van der Waals surface area contributed by atoms with Gasteiger partial charge in [-0.2, -0.15) is 9.40 Å². The topological polar surface area (TPSA) is 81.2 Å². The van der Waals surface area contributed by atoms with Crippen molar-refractivity contribution in [2.24, 2.45) is 5.73 Å². The van der Waals surface area contributed by atoms with Crippen molar-refractivity contribution in [3.63, 3.8) is 0 Å². The number of nitrogens with zero attached hydrogens (tertiary/aromatic N) is 3. The van der Waals surface area contributed by atoms with Gasteiger partial charge < -0.3 is 5.73 Å². The Kier molecular flexibility index (Phi) is 4.67. The van der Waals surface area contributed by atoms with E-state index < -0.39 is 10.0 Å². The van der Waals surface area contributed by atoms with Crippen LogP contribution in [0.2, 0.25) is 0 Å². The summed E-state index contributed by atoms with van der Waals surface area (Å²) in [6, 6.07) is -0.0298. The molecule has 1 atom stereocenters. The molecule has 0 aliphatic heterocycles. The Balaban J connectivity index is 2.96. The van der Waals surface area contributed by atoms with E-state index in [1.54, 1.807) is 7.05 Å². The molecule has 98 valence electrons. The molecule has 1 aromatic rings. The molecule has 0 spiro atoms. The third-order valence-electron chi connectivity index (χ3n) is 2.86. The Bertz CT molecular complexity index is 455. The first-order valence-corrected chi connectivity index (χ1v) is 7.08. The lowest BCUT2D eigenvalue weighted by Crippen LogP contribution is -2.34. The number of aromatic nitrogens is 2. The summed E-state index contributed by atoms with van der Waals surface area (Å²) in [5.41, 5.74) is 5.39. The molecule has 0 saturated carbocycles. The van der Waals surface area contributed by atoms with Crippen molar-refractivity contribution < 1.29 is 8.42 Å². The molecular formula is C10H20N4O2S. The zero-order valence-corrected chi connectivity index (χ0v) is 11.3. The maximum absolute atomic E-state index is 12.2. The van der Waals surface area contributed by atoms with Gasteiger partial charge in [-0.3, -0.25) is 4.68 Å². The van der Waals surface area contributed by atoms with Crippen molar-refractivity contribution in [2.75, 3.05) is 13.6 Å². The van der Waals surface area contributed by atoms with E-state index in [1.807, 2.05) is 13.8 Å². The van der Waals surface area contributed by atoms with Crippen LogP contribution in [-0.2, 0) is 16.6 Å². The molecule has 0 aromatic carbocycles. The van der Waals surface area contributed by atoms with E-state index in [4.69, 9.17) is 5.73 Å². The fourth-order valence-corrected chi connectivity index (χ4v) is 2.78. The molecule has 6 nitrogen and oxygen atoms in total. The maximum Gasteiger partial charge on any atom is 0.246 e. The third kappa shape index (κ3) is 3.05. The van der Waals surface area contributed by atoms with Crippen LogP contribution in [0.4, 0.5) is 0 Å². The van der Waals surface area contributed by atoms with Gasteiger partial charge in [-0.15, -0.1) is 0 Å². The van der Waals surface area contributed by atoms with E-state index in [0.717, 1.165) is 6.42 Å². The second kappa shape index (κ2) is 5.61. The van der Waals surface area contributed by atoms with Gasteiger partial charge in [0.2, 0.25) is 10.0 Å². The van der Waals surface area contributed by atoms with Gasteiger partial charge in [-0.1, -0.05) is 6.92 Å². The van der Waals surface area contributed by atoms with Crippen molar-refractivity contribution >= 4 is 10.0 Å². The minimum atomic E-state index is -3.44. The van der Waals surface area contributed by atoms with Gasteiger partial charge in [0.1, 0.15) is 4.90 Å². The summed E-state index contributed by atoms with van der Waals surface area (Å²) in [5.74, 6) is 0. The van der Waals surface area contributed by atoms with E-state index >= 15 is 0 Å². The molecule has 0 radical (unpaired) electrons. The van der Waals surface area contributed by atoms with Crippen LogP contribution in [0.25, 0.3) is 0 Å². The number of rotatable bonds is 6. The normalized spacial score (nSPS) is 14.2. The van der Waals surface area contributed by atoms with Gasteiger partial charge in [0.05, 0.1) is 12.7 Å². The number of hydrogen-bond acceptors (Lipinski definition) is 4. The van der Waals surface area contributed by atoms with Gasteiger partial charge >= 0.3 is 0 Å². The molecule has 7 heteroatoms. The molecular weight excluding hydrogens is 240 g/mol. The highest BCUT2D eigenvalue weighted by atomic mass is 32.2. The van der Waals surface area contributed by atoms with Gasteiger partial charge in [0, 0.05) is 25.8 Å². The number of nitrogens with two attached hydrogens (primary N) is 1. The largest absolute Gasteiger partial charge is 0.329 e. The fraction of sp³-hybridized carbons (Fsp3) is 0.700. The quantitative estimate of drug-likeness (QED) is 0.795. The van der Waals surface area contributed by atoms with Gasteiger partial charge in [0.15, 0.2) is 0 Å². The van der Waals surface area contributed by atoms with Crippen LogP contribution in [0.3, 0.4) is 0 Å². The molecule has 0 fully saturated rings. The van der Waals surface area contributed by atoms with Crippen LogP contribution < -0.4 is 5.73 Å². The zero-order valence-electron chi connectivity index (χ0n) is 10.5. The Labute approximate surface area is 102 Å². The highest BCUT2D eigenvalue weighted by Gasteiger charge is 2.25. The lowest BCUT2D eigenvalue weighted by Gasteiger charge is -2.22. The molecule has 0 aliphatic rings. The fourth-order valence-electron chi connectivity index (χ4n) is 1.39.